The summed E-state index contributed by atoms with van der Waals surface area (Å²) < 4.78 is 48.6. The summed E-state index contributed by atoms with van der Waals surface area (Å²) in [6, 6.07) is 12.4. The highest BCUT2D eigenvalue weighted by Crippen LogP contribution is 2.38. The lowest BCUT2D eigenvalue weighted by Gasteiger charge is -2.36. The molecular weight excluding hydrogens is 583 g/mol. The minimum atomic E-state index is -4.56. The van der Waals surface area contributed by atoms with Gasteiger partial charge in [0.15, 0.2) is 0 Å². The Morgan fingerprint density at radius 3 is 2.60 bits per heavy atom. The molecule has 9 nitrogen and oxygen atoms in total. The number of urea groups is 1. The molecule has 2 aliphatic heterocycles. The van der Waals surface area contributed by atoms with Crippen LogP contribution in [0.15, 0.2) is 54.9 Å². The second kappa shape index (κ2) is 12.4. The molecule has 0 bridgehead atoms. The highest BCUT2D eigenvalue weighted by molar-refractivity contribution is 5.90. The van der Waals surface area contributed by atoms with Crippen LogP contribution >= 0.6 is 0 Å². The number of piperazine rings is 1. The van der Waals surface area contributed by atoms with E-state index in [1.807, 2.05) is 17.9 Å². The van der Waals surface area contributed by atoms with Crippen LogP contribution in [0.5, 0.6) is 11.5 Å². The van der Waals surface area contributed by atoms with Crippen molar-refractivity contribution < 1.29 is 22.7 Å². The van der Waals surface area contributed by atoms with Crippen LogP contribution in [0.1, 0.15) is 47.7 Å². The van der Waals surface area contributed by atoms with Gasteiger partial charge in [-0.05, 0) is 73.0 Å². The predicted octanol–water partition coefficient (Wildman–Crippen LogP) is 6.53. The number of pyridine rings is 1. The van der Waals surface area contributed by atoms with E-state index in [0.717, 1.165) is 42.2 Å². The highest BCUT2D eigenvalue weighted by atomic mass is 19.4. The molecule has 4 heterocycles. The Labute approximate surface area is 259 Å². The fourth-order valence-electron chi connectivity index (χ4n) is 6.20. The first kappa shape index (κ1) is 30.4. The van der Waals surface area contributed by atoms with Crippen LogP contribution < -0.4 is 10.1 Å². The van der Waals surface area contributed by atoms with Crippen LogP contribution in [0, 0.1) is 11.3 Å². The molecule has 1 atom stereocenters. The van der Waals surface area contributed by atoms with Gasteiger partial charge in [-0.15, -0.1) is 0 Å². The normalized spacial score (nSPS) is 17.6. The SMILES string of the molecule is CCN1CCN(Cc2ccc(NC(=O)N3CCc4cc(C#N)c(Oc5ccnc6[nH]ccc56)cc4C3C)cc2C(F)(F)F)CC1. The Kier molecular flexibility index (Phi) is 8.40. The number of aromatic nitrogens is 2. The summed E-state index contributed by atoms with van der Waals surface area (Å²) in [5.41, 5.74) is 2.27. The minimum absolute atomic E-state index is 0.0851. The zero-order valence-corrected chi connectivity index (χ0v) is 25.1. The minimum Gasteiger partial charge on any atom is -0.455 e. The van der Waals surface area contributed by atoms with E-state index in [1.165, 1.54) is 12.1 Å². The van der Waals surface area contributed by atoms with Crippen molar-refractivity contribution in [3.8, 4) is 17.6 Å². The number of nitrogens with zero attached hydrogens (tertiary/aromatic N) is 5. The van der Waals surface area contributed by atoms with Crippen molar-refractivity contribution in [1.29, 1.82) is 5.26 Å². The van der Waals surface area contributed by atoms with Gasteiger partial charge in [0.25, 0.3) is 0 Å². The van der Waals surface area contributed by atoms with Crippen LogP contribution in [-0.4, -0.2) is 70.0 Å². The predicted molar refractivity (Wildman–Crippen MR) is 164 cm³/mol. The standard InChI is InChI=1S/C33H34F3N7O2/c1-3-41-12-14-42(15-13-41)20-23-4-5-25(17-28(23)33(34,35)36)40-32(44)43-11-8-22-16-24(19-37)30(18-27(22)21(43)2)45-29-7-10-39-31-26(29)6-9-38-31/h4-7,9-10,16-18,21H,3,8,11-15,20H2,1-2H3,(H,38,39)(H,40,44). The highest BCUT2D eigenvalue weighted by Gasteiger charge is 2.35. The number of amides is 2. The van der Waals surface area contributed by atoms with Crippen molar-refractivity contribution >= 4 is 22.8 Å². The van der Waals surface area contributed by atoms with Gasteiger partial charge >= 0.3 is 12.2 Å². The van der Waals surface area contributed by atoms with Gasteiger partial charge in [0.1, 0.15) is 23.2 Å². The fraction of sp³-hybridized carbons (Fsp3) is 0.364. The first-order valence-electron chi connectivity index (χ1n) is 15.0. The van der Waals surface area contributed by atoms with E-state index in [9.17, 15) is 23.2 Å². The van der Waals surface area contributed by atoms with E-state index in [4.69, 9.17) is 4.74 Å². The molecule has 2 aliphatic rings. The molecule has 2 aromatic heterocycles. The van der Waals surface area contributed by atoms with Crippen LogP contribution in [0.4, 0.5) is 23.7 Å². The lowest BCUT2D eigenvalue weighted by Crippen LogP contribution is -2.45. The van der Waals surface area contributed by atoms with Crippen LogP contribution in [0.3, 0.4) is 0 Å². The van der Waals surface area contributed by atoms with Crippen molar-refractivity contribution in [1.82, 2.24) is 24.7 Å². The summed E-state index contributed by atoms with van der Waals surface area (Å²) >= 11 is 0. The van der Waals surface area contributed by atoms with E-state index in [1.54, 1.807) is 35.5 Å². The smallest absolute Gasteiger partial charge is 0.416 e. The molecule has 0 spiro atoms. The maximum absolute atomic E-state index is 14.2. The molecule has 45 heavy (non-hydrogen) atoms. The zero-order valence-electron chi connectivity index (χ0n) is 25.1. The number of carbonyl (C=O) groups excluding carboxylic acids is 1. The van der Waals surface area contributed by atoms with Gasteiger partial charge in [-0.3, -0.25) is 4.90 Å². The number of H-pyrrole nitrogens is 1. The topological polar surface area (TPSA) is 101 Å². The number of nitriles is 1. The van der Waals surface area contributed by atoms with Crippen molar-refractivity contribution in [3.63, 3.8) is 0 Å². The Bertz CT molecular complexity index is 1760. The van der Waals surface area contributed by atoms with Crippen molar-refractivity contribution in [3.05, 3.63) is 82.7 Å². The zero-order chi connectivity index (χ0) is 31.7. The molecule has 1 fully saturated rings. The Morgan fingerprint density at radius 2 is 1.87 bits per heavy atom. The lowest BCUT2D eigenvalue weighted by atomic mass is 9.91. The van der Waals surface area contributed by atoms with Gasteiger partial charge in [0.2, 0.25) is 0 Å². The number of ether oxygens (including phenoxy) is 1. The molecule has 6 rings (SSSR count). The number of likely N-dealkylation sites (N-methyl/N-ethyl adjacent to an activating group) is 1. The molecule has 1 unspecified atom stereocenters. The third-order valence-electron chi connectivity index (χ3n) is 8.78. The Hall–Kier alpha value is -4.60. The average Bonchev–Trinajstić information content (AvgIpc) is 3.52. The van der Waals surface area contributed by atoms with Gasteiger partial charge < -0.3 is 24.8 Å². The summed E-state index contributed by atoms with van der Waals surface area (Å²) in [7, 11) is 0. The first-order chi connectivity index (χ1) is 21.6. The molecule has 234 valence electrons. The largest absolute Gasteiger partial charge is 0.455 e. The Morgan fingerprint density at radius 1 is 1.09 bits per heavy atom. The molecule has 2 aromatic carbocycles. The van der Waals surface area contributed by atoms with Crippen molar-refractivity contribution in [2.75, 3.05) is 44.6 Å². The number of nitrogens with one attached hydrogen (secondary N) is 2. The van der Waals surface area contributed by atoms with E-state index in [-0.39, 0.29) is 17.8 Å². The number of hydrogen-bond donors (Lipinski definition) is 2. The maximum atomic E-state index is 14.2. The Balaban J connectivity index is 1.20. The number of alkyl halides is 3. The van der Waals surface area contributed by atoms with Crippen LogP contribution in [0.2, 0.25) is 0 Å². The molecule has 2 N–H and O–H groups in total. The third-order valence-corrected chi connectivity index (χ3v) is 8.78. The first-order valence-corrected chi connectivity index (χ1v) is 15.0. The molecule has 0 aliphatic carbocycles. The van der Waals surface area contributed by atoms with Gasteiger partial charge in [-0.1, -0.05) is 13.0 Å². The summed E-state index contributed by atoms with van der Waals surface area (Å²) in [4.78, 5) is 26.7. The second-order valence-electron chi connectivity index (χ2n) is 11.4. The number of hydrogen-bond acceptors (Lipinski definition) is 6. The van der Waals surface area contributed by atoms with E-state index in [0.29, 0.717) is 48.8 Å². The summed E-state index contributed by atoms with van der Waals surface area (Å²) in [6.07, 6.45) is -0.718. The van der Waals surface area contributed by atoms with Crippen LogP contribution in [-0.2, 0) is 19.1 Å². The number of anilines is 1. The van der Waals surface area contributed by atoms with Gasteiger partial charge in [0, 0.05) is 57.3 Å². The molecule has 12 heteroatoms. The lowest BCUT2D eigenvalue weighted by molar-refractivity contribution is -0.138. The second-order valence-corrected chi connectivity index (χ2v) is 11.4. The van der Waals surface area contributed by atoms with Crippen molar-refractivity contribution in [2.45, 2.75) is 39.0 Å². The molecule has 0 radical (unpaired) electrons. The van der Waals surface area contributed by atoms with Crippen molar-refractivity contribution in [2.24, 2.45) is 0 Å². The maximum Gasteiger partial charge on any atom is 0.416 e. The number of carbonyl (C=O) groups is 1. The number of benzene rings is 2. The molecule has 2 amide bonds. The molecule has 0 saturated carbocycles. The van der Waals surface area contributed by atoms with Crippen LogP contribution in [0.25, 0.3) is 11.0 Å². The van der Waals surface area contributed by atoms with Gasteiger partial charge in [-0.25, -0.2) is 9.78 Å². The third kappa shape index (κ3) is 6.32. The van der Waals surface area contributed by atoms with Gasteiger partial charge in [-0.2, -0.15) is 18.4 Å². The van der Waals surface area contributed by atoms with E-state index in [2.05, 4.69) is 33.2 Å². The number of fused-ring (bicyclic) bond motifs is 2. The average molecular weight is 618 g/mol. The monoisotopic (exact) mass is 617 g/mol. The summed E-state index contributed by atoms with van der Waals surface area (Å²) in [5.74, 6) is 0.878. The molecule has 4 aromatic rings. The van der Waals surface area contributed by atoms with E-state index >= 15 is 0 Å². The van der Waals surface area contributed by atoms with E-state index < -0.39 is 23.8 Å². The molecular formula is C33H34F3N7O2. The van der Waals surface area contributed by atoms with Gasteiger partial charge in [0.05, 0.1) is 22.6 Å². The number of halogens is 3. The number of rotatable bonds is 6. The summed E-state index contributed by atoms with van der Waals surface area (Å²) in [5, 5.41) is 13.3. The summed E-state index contributed by atoms with van der Waals surface area (Å²) in [6.45, 7) is 8.47. The quantitative estimate of drug-likeness (QED) is 0.255. The fourth-order valence-corrected chi connectivity index (χ4v) is 6.20. The number of aromatic amines is 1. The molecule has 1 saturated heterocycles.